The van der Waals surface area contributed by atoms with Gasteiger partial charge in [-0.05, 0) is 29.0 Å². The third-order valence-corrected chi connectivity index (χ3v) is 6.36. The number of thiazole rings is 1. The third-order valence-electron chi connectivity index (χ3n) is 5.54. The molecule has 5 aromatic rings. The van der Waals surface area contributed by atoms with Crippen molar-refractivity contribution in [1.29, 1.82) is 0 Å². The van der Waals surface area contributed by atoms with Crippen LogP contribution < -0.4 is 5.43 Å². The number of carbonyl (C=O) groups excluding carboxylic acids is 1. The van der Waals surface area contributed by atoms with E-state index in [0.29, 0.717) is 5.56 Å². The van der Waals surface area contributed by atoms with E-state index in [-0.39, 0.29) is 33.5 Å². The smallest absolute Gasteiger partial charge is 0.435 e. The number of aromatic hydroxyl groups is 1. The fourth-order valence-corrected chi connectivity index (χ4v) is 4.43. The molecule has 5 rings (SSSR count). The molecule has 0 saturated heterocycles. The van der Waals surface area contributed by atoms with E-state index in [0.717, 1.165) is 57.3 Å². The minimum atomic E-state index is -4.71. The van der Waals surface area contributed by atoms with Gasteiger partial charge >= 0.3 is 6.18 Å². The van der Waals surface area contributed by atoms with Crippen molar-refractivity contribution in [3.8, 4) is 22.1 Å². The van der Waals surface area contributed by atoms with Gasteiger partial charge in [0.1, 0.15) is 11.4 Å². The summed E-state index contributed by atoms with van der Waals surface area (Å²) in [5, 5.41) is 31.2. The largest absolute Gasteiger partial charge is 0.507 e. The van der Waals surface area contributed by atoms with Gasteiger partial charge in [0, 0.05) is 28.6 Å². The highest BCUT2D eigenvalue weighted by Crippen LogP contribution is 2.34. The summed E-state index contributed by atoms with van der Waals surface area (Å²) in [7, 11) is 0. The van der Waals surface area contributed by atoms with Crippen molar-refractivity contribution in [1.82, 2.24) is 20.2 Å². The number of nitro groups is 1. The second-order valence-corrected chi connectivity index (χ2v) is 8.94. The number of fused-ring (bicyclic) bond motifs is 1. The average Bonchev–Trinajstić information content (AvgIpc) is 3.57. The maximum Gasteiger partial charge on any atom is 0.435 e. The Kier molecular flexibility index (Phi) is 6.54. The predicted molar refractivity (Wildman–Crippen MR) is 137 cm³/mol. The van der Waals surface area contributed by atoms with Crippen LogP contribution in [0.15, 0.2) is 77.2 Å². The van der Waals surface area contributed by atoms with Crippen molar-refractivity contribution in [2.45, 2.75) is 6.18 Å². The molecule has 0 spiro atoms. The quantitative estimate of drug-likeness (QED) is 0.161. The number of hydrogen-bond acceptors (Lipinski definition) is 8. The van der Waals surface area contributed by atoms with Crippen molar-refractivity contribution in [2.75, 3.05) is 0 Å². The molecular weight excluding hydrogens is 537 g/mol. The topological polar surface area (TPSA) is 136 Å². The Morgan fingerprint density at radius 1 is 1.10 bits per heavy atom. The van der Waals surface area contributed by atoms with Gasteiger partial charge in [0.25, 0.3) is 11.6 Å². The summed E-state index contributed by atoms with van der Waals surface area (Å²) in [5.74, 6) is -1.09. The molecule has 10 nitrogen and oxygen atoms in total. The average molecular weight is 552 g/mol. The van der Waals surface area contributed by atoms with Crippen molar-refractivity contribution in [2.24, 2.45) is 5.10 Å². The number of carbonyl (C=O) groups is 1. The molecule has 0 atom stereocenters. The number of nitro benzene ring substituents is 1. The molecule has 14 heteroatoms. The van der Waals surface area contributed by atoms with E-state index in [4.69, 9.17) is 0 Å². The number of hydrogen-bond donors (Lipinski definition) is 2. The van der Waals surface area contributed by atoms with Crippen LogP contribution in [0.1, 0.15) is 21.7 Å². The van der Waals surface area contributed by atoms with E-state index in [1.54, 1.807) is 18.2 Å². The highest BCUT2D eigenvalue weighted by molar-refractivity contribution is 7.12. The number of nitrogens with zero attached hydrogens (tertiary/aromatic N) is 5. The molecule has 0 aliphatic carbocycles. The van der Waals surface area contributed by atoms with Crippen LogP contribution in [0.25, 0.3) is 27.2 Å². The lowest BCUT2D eigenvalue weighted by Gasteiger charge is -2.06. The molecule has 2 heterocycles. The number of phenols is 1. The Balaban J connectivity index is 1.43. The summed E-state index contributed by atoms with van der Waals surface area (Å²) < 4.78 is 41.7. The highest BCUT2D eigenvalue weighted by Gasteiger charge is 2.35. The van der Waals surface area contributed by atoms with Gasteiger partial charge in [-0.2, -0.15) is 23.4 Å². The standard InChI is InChI=1S/C25H15F3N6O4S/c26-25(27,28)22-11-20(16-6-5-14-3-1-2-4-15(14)9-16)33(32-22)24-30-19(13-39-24)23(36)31-29-12-17-10-18(34(37)38)7-8-21(17)35/h1-13,35H,(H,31,36). The molecule has 0 saturated carbocycles. The molecule has 3 aromatic carbocycles. The first-order valence-electron chi connectivity index (χ1n) is 11.0. The molecule has 2 N–H and O–H groups in total. The Morgan fingerprint density at radius 2 is 1.87 bits per heavy atom. The molecule has 0 aliphatic rings. The first-order valence-corrected chi connectivity index (χ1v) is 11.9. The first-order chi connectivity index (χ1) is 18.6. The Morgan fingerprint density at radius 3 is 2.62 bits per heavy atom. The van der Waals surface area contributed by atoms with Crippen molar-refractivity contribution >= 4 is 39.9 Å². The maximum absolute atomic E-state index is 13.5. The second-order valence-electron chi connectivity index (χ2n) is 8.10. The van der Waals surface area contributed by atoms with Gasteiger partial charge in [0.2, 0.25) is 5.13 Å². The zero-order chi connectivity index (χ0) is 27.7. The van der Waals surface area contributed by atoms with Crippen LogP contribution in [0.3, 0.4) is 0 Å². The zero-order valence-corrected chi connectivity index (χ0v) is 20.3. The lowest BCUT2D eigenvalue weighted by Crippen LogP contribution is -2.18. The van der Waals surface area contributed by atoms with Crippen LogP contribution in [0.4, 0.5) is 18.9 Å². The van der Waals surface area contributed by atoms with Gasteiger partial charge in [-0.3, -0.25) is 14.9 Å². The van der Waals surface area contributed by atoms with E-state index in [2.05, 4.69) is 20.6 Å². The monoisotopic (exact) mass is 552 g/mol. The Hall–Kier alpha value is -5.11. The molecule has 1 amide bonds. The number of hydrazone groups is 1. The number of aromatic nitrogens is 3. The van der Waals surface area contributed by atoms with Crippen LogP contribution in [0.2, 0.25) is 0 Å². The fraction of sp³-hybridized carbons (Fsp3) is 0.0400. The minimum absolute atomic E-state index is 0.0131. The van der Waals surface area contributed by atoms with E-state index < -0.39 is 22.7 Å². The van der Waals surface area contributed by atoms with E-state index in [9.17, 15) is 33.2 Å². The van der Waals surface area contributed by atoms with E-state index in [1.165, 1.54) is 5.38 Å². The molecule has 0 bridgehead atoms. The van der Waals surface area contributed by atoms with Gasteiger partial charge in [0.15, 0.2) is 5.69 Å². The Bertz CT molecular complexity index is 1760. The molecule has 2 aromatic heterocycles. The number of benzene rings is 3. The second kappa shape index (κ2) is 9.98. The first kappa shape index (κ1) is 25.5. The van der Waals surface area contributed by atoms with Gasteiger partial charge in [-0.15, -0.1) is 11.3 Å². The van der Waals surface area contributed by atoms with Gasteiger partial charge < -0.3 is 5.11 Å². The van der Waals surface area contributed by atoms with Crippen molar-refractivity contribution in [3.05, 3.63) is 99.2 Å². The summed E-state index contributed by atoms with van der Waals surface area (Å²) in [5.41, 5.74) is 1.20. The van der Waals surface area contributed by atoms with Gasteiger partial charge in [-0.25, -0.2) is 15.1 Å². The SMILES string of the molecule is O=C(NN=Cc1cc([N+](=O)[O-])ccc1O)c1csc(-n2nc(C(F)(F)F)cc2-c2ccc3ccccc3c2)n1. The number of nitrogens with one attached hydrogen (secondary N) is 1. The van der Waals surface area contributed by atoms with Crippen LogP contribution in [0.5, 0.6) is 5.75 Å². The summed E-state index contributed by atoms with van der Waals surface area (Å²) >= 11 is 0.899. The van der Waals surface area contributed by atoms with Crippen LogP contribution >= 0.6 is 11.3 Å². The van der Waals surface area contributed by atoms with Crippen LogP contribution in [-0.4, -0.2) is 36.9 Å². The summed E-state index contributed by atoms with van der Waals surface area (Å²) in [6.07, 6.45) is -3.70. The predicted octanol–water partition coefficient (Wildman–Crippen LogP) is 5.55. The normalized spacial score (nSPS) is 11.8. The lowest BCUT2D eigenvalue weighted by molar-refractivity contribution is -0.384. The number of alkyl halides is 3. The van der Waals surface area contributed by atoms with E-state index >= 15 is 0 Å². The summed E-state index contributed by atoms with van der Waals surface area (Å²) in [4.78, 5) is 26.9. The van der Waals surface area contributed by atoms with Crippen LogP contribution in [0, 0.1) is 10.1 Å². The van der Waals surface area contributed by atoms with Gasteiger partial charge in [-0.1, -0.05) is 36.4 Å². The number of halogens is 3. The van der Waals surface area contributed by atoms with Crippen molar-refractivity contribution in [3.63, 3.8) is 0 Å². The van der Waals surface area contributed by atoms with Crippen LogP contribution in [-0.2, 0) is 6.18 Å². The lowest BCUT2D eigenvalue weighted by atomic mass is 10.0. The zero-order valence-electron chi connectivity index (χ0n) is 19.5. The molecular formula is C25H15F3N6O4S. The summed E-state index contributed by atoms with van der Waals surface area (Å²) in [6.45, 7) is 0. The number of rotatable bonds is 6. The maximum atomic E-state index is 13.5. The fourth-order valence-electron chi connectivity index (χ4n) is 3.66. The molecule has 0 unspecified atom stereocenters. The molecule has 39 heavy (non-hydrogen) atoms. The van der Waals surface area contributed by atoms with E-state index in [1.807, 2.05) is 24.3 Å². The summed E-state index contributed by atoms with van der Waals surface area (Å²) in [6, 6.07) is 16.8. The molecule has 0 aliphatic heterocycles. The highest BCUT2D eigenvalue weighted by atomic mass is 32.1. The number of non-ortho nitro benzene ring substituents is 1. The third kappa shape index (κ3) is 5.31. The van der Waals surface area contributed by atoms with Gasteiger partial charge in [0.05, 0.1) is 16.8 Å². The van der Waals surface area contributed by atoms with Crippen molar-refractivity contribution < 1.29 is 28.0 Å². The molecule has 196 valence electrons. The number of amides is 1. The minimum Gasteiger partial charge on any atom is -0.507 e. The molecule has 0 radical (unpaired) electrons. The molecule has 0 fully saturated rings. The Labute approximate surface area is 220 Å². The number of phenolic OH excluding ortho intramolecular Hbond substituents is 1.